The molecule has 0 amide bonds. The fourth-order valence-electron chi connectivity index (χ4n) is 4.74. The molecule has 0 aromatic rings. The summed E-state index contributed by atoms with van der Waals surface area (Å²) in [5.74, 6) is 1.18. The van der Waals surface area contributed by atoms with Gasteiger partial charge in [0.1, 0.15) is 0 Å². The van der Waals surface area contributed by atoms with E-state index < -0.39 is 0 Å². The van der Waals surface area contributed by atoms with Crippen molar-refractivity contribution in [1.29, 1.82) is 0 Å². The Kier molecular flexibility index (Phi) is 2.83. The first-order valence-corrected chi connectivity index (χ1v) is 7.81. The molecule has 2 N–H and O–H groups in total. The summed E-state index contributed by atoms with van der Waals surface area (Å²) in [6, 6.07) is 0.627. The van der Waals surface area contributed by atoms with Crippen LogP contribution in [0.1, 0.15) is 19.3 Å². The minimum Gasteiger partial charge on any atom is -0.396 e. The number of likely N-dealkylation sites (tertiary alicyclic amines) is 1. The molecule has 0 aromatic carbocycles. The van der Waals surface area contributed by atoms with Crippen molar-refractivity contribution in [3.63, 3.8) is 0 Å². The molecule has 2 aliphatic carbocycles. The van der Waals surface area contributed by atoms with Crippen molar-refractivity contribution < 1.29 is 5.11 Å². The van der Waals surface area contributed by atoms with Gasteiger partial charge in [0.15, 0.2) is 0 Å². The molecule has 2 heterocycles. The highest BCUT2D eigenvalue weighted by Crippen LogP contribution is 2.65. The number of aliphatic hydroxyl groups is 1. The number of aliphatic hydroxyl groups excluding tert-OH is 1. The zero-order valence-corrected chi connectivity index (χ0v) is 11.5. The highest BCUT2D eigenvalue weighted by Gasteiger charge is 2.67. The molecule has 1 saturated carbocycles. The lowest BCUT2D eigenvalue weighted by Gasteiger charge is -2.28. The Bertz CT molecular complexity index is 418. The second-order valence-electron chi connectivity index (χ2n) is 6.63. The van der Waals surface area contributed by atoms with Crippen LogP contribution in [0.25, 0.3) is 0 Å². The highest BCUT2D eigenvalue weighted by molar-refractivity contribution is 5.42. The number of fused-ring (bicyclic) bond motifs is 1. The molecule has 0 radical (unpaired) electrons. The predicted molar refractivity (Wildman–Crippen MR) is 75.8 cm³/mol. The Labute approximate surface area is 115 Å². The molecule has 0 spiro atoms. The third-order valence-electron chi connectivity index (χ3n) is 5.90. The van der Waals surface area contributed by atoms with Crippen LogP contribution in [0.15, 0.2) is 23.8 Å². The summed E-state index contributed by atoms with van der Waals surface area (Å²) in [6.07, 6.45) is 11.1. The third kappa shape index (κ3) is 1.68. The number of hydrogen-bond acceptors (Lipinski definition) is 3. The highest BCUT2D eigenvalue weighted by atomic mass is 16.3. The largest absolute Gasteiger partial charge is 0.396 e. The topological polar surface area (TPSA) is 35.5 Å². The molecule has 3 fully saturated rings. The van der Waals surface area contributed by atoms with Crippen molar-refractivity contribution >= 4 is 0 Å². The molecule has 104 valence electrons. The number of hydrogen-bond donors (Lipinski definition) is 2. The fourth-order valence-corrected chi connectivity index (χ4v) is 4.74. The quantitative estimate of drug-likeness (QED) is 0.799. The van der Waals surface area contributed by atoms with Gasteiger partial charge in [-0.2, -0.15) is 0 Å². The Hall–Kier alpha value is -0.640. The molecule has 2 aliphatic heterocycles. The Morgan fingerprint density at radius 3 is 2.84 bits per heavy atom. The van der Waals surface area contributed by atoms with E-state index in [0.29, 0.717) is 24.5 Å². The Morgan fingerprint density at radius 1 is 1.37 bits per heavy atom. The van der Waals surface area contributed by atoms with Crippen LogP contribution >= 0.6 is 0 Å². The predicted octanol–water partition coefficient (Wildman–Crippen LogP) is 1.16. The van der Waals surface area contributed by atoms with E-state index in [-0.39, 0.29) is 5.41 Å². The normalized spacial score (nSPS) is 45.3. The van der Waals surface area contributed by atoms with Gasteiger partial charge in [0.05, 0.1) is 0 Å². The molecule has 4 unspecified atom stereocenters. The van der Waals surface area contributed by atoms with Crippen molar-refractivity contribution in [2.45, 2.75) is 25.3 Å². The number of piperidine rings is 1. The molecule has 4 atom stereocenters. The SMILES string of the molecule is OCC1C2CNCC12C1=CCC(N2CCCC2)C=C1. The average molecular weight is 260 g/mol. The van der Waals surface area contributed by atoms with Gasteiger partial charge in [-0.3, -0.25) is 4.90 Å². The van der Waals surface area contributed by atoms with E-state index in [1.165, 1.54) is 37.9 Å². The van der Waals surface area contributed by atoms with Crippen LogP contribution < -0.4 is 5.32 Å². The summed E-state index contributed by atoms with van der Waals surface area (Å²) in [7, 11) is 0. The van der Waals surface area contributed by atoms with Crippen molar-refractivity contribution in [2.75, 3.05) is 32.8 Å². The standard InChI is InChI=1S/C16H24N2O/c19-10-15-14-9-17-11-16(14,15)12-3-5-13(6-4-12)18-7-1-2-8-18/h3-5,13-15,17,19H,1-2,6-11H2. The fraction of sp³-hybridized carbons (Fsp3) is 0.750. The van der Waals surface area contributed by atoms with Crippen LogP contribution in [-0.2, 0) is 0 Å². The van der Waals surface area contributed by atoms with Crippen molar-refractivity contribution in [3.05, 3.63) is 23.8 Å². The van der Waals surface area contributed by atoms with Gasteiger partial charge < -0.3 is 10.4 Å². The molecule has 0 aromatic heterocycles. The number of nitrogens with one attached hydrogen (secondary N) is 1. The summed E-state index contributed by atoms with van der Waals surface area (Å²) in [5, 5.41) is 13.0. The van der Waals surface area contributed by atoms with Crippen molar-refractivity contribution in [3.8, 4) is 0 Å². The Morgan fingerprint density at radius 2 is 2.21 bits per heavy atom. The van der Waals surface area contributed by atoms with Crippen LogP contribution in [0.4, 0.5) is 0 Å². The maximum atomic E-state index is 9.54. The summed E-state index contributed by atoms with van der Waals surface area (Å²) >= 11 is 0. The number of rotatable bonds is 3. The lowest BCUT2D eigenvalue weighted by Crippen LogP contribution is -2.32. The van der Waals surface area contributed by atoms with Crippen LogP contribution in [0.3, 0.4) is 0 Å². The van der Waals surface area contributed by atoms with E-state index in [1.54, 1.807) is 0 Å². The maximum Gasteiger partial charge on any atom is 0.0471 e. The van der Waals surface area contributed by atoms with Gasteiger partial charge in [0.25, 0.3) is 0 Å². The molecule has 2 saturated heterocycles. The first kappa shape index (κ1) is 12.1. The van der Waals surface area contributed by atoms with Gasteiger partial charge >= 0.3 is 0 Å². The van der Waals surface area contributed by atoms with Gasteiger partial charge in [0, 0.05) is 24.6 Å². The second-order valence-corrected chi connectivity index (χ2v) is 6.63. The smallest absolute Gasteiger partial charge is 0.0471 e. The molecule has 3 nitrogen and oxygen atoms in total. The molecular weight excluding hydrogens is 236 g/mol. The van der Waals surface area contributed by atoms with Crippen LogP contribution in [0.5, 0.6) is 0 Å². The summed E-state index contributed by atoms with van der Waals surface area (Å²) in [5.41, 5.74) is 1.78. The van der Waals surface area contributed by atoms with Gasteiger partial charge in [-0.15, -0.1) is 0 Å². The number of allylic oxidation sites excluding steroid dienone is 1. The third-order valence-corrected chi connectivity index (χ3v) is 5.90. The van der Waals surface area contributed by atoms with Gasteiger partial charge in [-0.05, 0) is 56.3 Å². The zero-order chi connectivity index (χ0) is 12.9. The monoisotopic (exact) mass is 260 g/mol. The Balaban J connectivity index is 1.48. The lowest BCUT2D eigenvalue weighted by atomic mass is 9.87. The summed E-state index contributed by atoms with van der Waals surface area (Å²) in [4.78, 5) is 2.61. The summed E-state index contributed by atoms with van der Waals surface area (Å²) in [6.45, 7) is 5.05. The minimum atomic E-state index is 0.279. The lowest BCUT2D eigenvalue weighted by molar-refractivity contribution is 0.248. The molecule has 4 aliphatic rings. The number of nitrogens with zero attached hydrogens (tertiary/aromatic N) is 1. The van der Waals surface area contributed by atoms with E-state index in [1.807, 2.05) is 0 Å². The van der Waals surface area contributed by atoms with E-state index in [2.05, 4.69) is 28.4 Å². The van der Waals surface area contributed by atoms with E-state index in [4.69, 9.17) is 0 Å². The van der Waals surface area contributed by atoms with Gasteiger partial charge in [-0.25, -0.2) is 0 Å². The van der Waals surface area contributed by atoms with Crippen molar-refractivity contribution in [1.82, 2.24) is 10.2 Å². The molecular formula is C16H24N2O. The average Bonchev–Trinajstić information content (AvgIpc) is 2.89. The molecule has 0 bridgehead atoms. The maximum absolute atomic E-state index is 9.54. The van der Waals surface area contributed by atoms with Crippen LogP contribution in [-0.4, -0.2) is 48.8 Å². The first-order chi connectivity index (χ1) is 9.36. The minimum absolute atomic E-state index is 0.279. The first-order valence-electron chi connectivity index (χ1n) is 7.81. The molecule has 19 heavy (non-hydrogen) atoms. The zero-order valence-electron chi connectivity index (χ0n) is 11.5. The van der Waals surface area contributed by atoms with E-state index in [9.17, 15) is 5.11 Å². The van der Waals surface area contributed by atoms with Gasteiger partial charge in [0.2, 0.25) is 0 Å². The molecule has 3 heteroatoms. The summed E-state index contributed by atoms with van der Waals surface area (Å²) < 4.78 is 0. The molecule has 4 rings (SSSR count). The van der Waals surface area contributed by atoms with Crippen molar-refractivity contribution in [2.24, 2.45) is 17.3 Å². The van der Waals surface area contributed by atoms with E-state index >= 15 is 0 Å². The van der Waals surface area contributed by atoms with E-state index in [0.717, 1.165) is 13.1 Å². The van der Waals surface area contributed by atoms with Crippen LogP contribution in [0, 0.1) is 17.3 Å². The van der Waals surface area contributed by atoms with Gasteiger partial charge in [-0.1, -0.05) is 18.2 Å². The van der Waals surface area contributed by atoms with Crippen LogP contribution in [0.2, 0.25) is 0 Å². The second kappa shape index (κ2) is 4.44.